The molecule has 0 fully saturated rings. The number of methoxy groups -OCH3 is 1. The van der Waals surface area contributed by atoms with Crippen LogP contribution in [0.5, 0.6) is 11.5 Å². The molecule has 6 nitrogen and oxygen atoms in total. The molecule has 1 aromatic carbocycles. The first-order valence-corrected chi connectivity index (χ1v) is 8.05. The van der Waals surface area contributed by atoms with Crippen molar-refractivity contribution in [2.24, 2.45) is 14.1 Å². The van der Waals surface area contributed by atoms with Gasteiger partial charge in [0.05, 0.1) is 12.8 Å². The molecule has 0 aliphatic rings. The molecular formula is C17H19BrN2O4. The van der Waals surface area contributed by atoms with Gasteiger partial charge >= 0.3 is 5.69 Å². The van der Waals surface area contributed by atoms with Crippen molar-refractivity contribution in [3.05, 3.63) is 67.4 Å². The second kappa shape index (κ2) is 7.53. The number of allylic oxidation sites excluding steroid dienone is 1. The number of hydrogen-bond donors (Lipinski definition) is 0. The van der Waals surface area contributed by atoms with Crippen LogP contribution in [-0.2, 0) is 27.1 Å². The van der Waals surface area contributed by atoms with Gasteiger partial charge in [0.2, 0.25) is 5.75 Å². The first-order chi connectivity index (χ1) is 11.4. The molecule has 0 saturated heterocycles. The van der Waals surface area contributed by atoms with Gasteiger partial charge in [-0.25, -0.2) is 4.79 Å². The second-order valence-corrected chi connectivity index (χ2v) is 6.07. The monoisotopic (exact) mass is 394 g/mol. The van der Waals surface area contributed by atoms with Crippen molar-refractivity contribution >= 4 is 15.9 Å². The van der Waals surface area contributed by atoms with E-state index in [1.165, 1.54) is 11.6 Å². The molecule has 0 N–H and O–H groups in total. The maximum atomic E-state index is 12.4. The summed E-state index contributed by atoms with van der Waals surface area (Å²) in [5.41, 5.74) is 0.465. The van der Waals surface area contributed by atoms with Crippen molar-refractivity contribution in [3.63, 3.8) is 0 Å². The number of rotatable bonds is 6. The van der Waals surface area contributed by atoms with Crippen molar-refractivity contribution in [1.29, 1.82) is 0 Å². The zero-order valence-electron chi connectivity index (χ0n) is 13.8. The SMILES string of the molecule is C=CCc1c(OCc2cc(OC)ccc2Br)c(=O)n(C)c(=O)n1C. The summed E-state index contributed by atoms with van der Waals surface area (Å²) in [5, 5.41) is 0. The summed E-state index contributed by atoms with van der Waals surface area (Å²) in [4.78, 5) is 24.5. The molecule has 0 spiro atoms. The third kappa shape index (κ3) is 3.46. The highest BCUT2D eigenvalue weighted by molar-refractivity contribution is 9.10. The predicted octanol–water partition coefficient (Wildman–Crippen LogP) is 2.16. The van der Waals surface area contributed by atoms with Gasteiger partial charge in [0.1, 0.15) is 12.4 Å². The molecule has 0 aliphatic heterocycles. The predicted molar refractivity (Wildman–Crippen MR) is 95.9 cm³/mol. The van der Waals surface area contributed by atoms with Gasteiger partial charge in [-0.15, -0.1) is 6.58 Å². The lowest BCUT2D eigenvalue weighted by molar-refractivity contribution is 0.289. The lowest BCUT2D eigenvalue weighted by atomic mass is 10.2. The van der Waals surface area contributed by atoms with Gasteiger partial charge in [-0.2, -0.15) is 0 Å². The number of hydrogen-bond acceptors (Lipinski definition) is 4. The fourth-order valence-electron chi connectivity index (χ4n) is 2.31. The van der Waals surface area contributed by atoms with Crippen LogP contribution in [0.15, 0.2) is 44.9 Å². The number of aromatic nitrogens is 2. The summed E-state index contributed by atoms with van der Waals surface area (Å²) in [6, 6.07) is 5.49. The van der Waals surface area contributed by atoms with Gasteiger partial charge < -0.3 is 9.47 Å². The molecule has 1 aromatic heterocycles. The lowest BCUT2D eigenvalue weighted by Gasteiger charge is -2.15. The first-order valence-electron chi connectivity index (χ1n) is 7.25. The molecule has 2 rings (SSSR count). The largest absolute Gasteiger partial charge is 0.497 e. The topological polar surface area (TPSA) is 62.5 Å². The fourth-order valence-corrected chi connectivity index (χ4v) is 2.67. The van der Waals surface area contributed by atoms with Crippen LogP contribution in [-0.4, -0.2) is 16.2 Å². The molecule has 0 amide bonds. The molecule has 0 saturated carbocycles. The lowest BCUT2D eigenvalue weighted by Crippen LogP contribution is -2.39. The van der Waals surface area contributed by atoms with E-state index in [9.17, 15) is 9.59 Å². The van der Waals surface area contributed by atoms with Crippen LogP contribution in [0, 0.1) is 0 Å². The molecule has 0 atom stereocenters. The highest BCUT2D eigenvalue weighted by Crippen LogP contribution is 2.24. The summed E-state index contributed by atoms with van der Waals surface area (Å²) in [7, 11) is 4.62. The molecule has 128 valence electrons. The van der Waals surface area contributed by atoms with E-state index in [0.29, 0.717) is 17.9 Å². The molecular weight excluding hydrogens is 376 g/mol. The highest BCUT2D eigenvalue weighted by Gasteiger charge is 2.16. The Kier molecular flexibility index (Phi) is 5.66. The standard InChI is InChI=1S/C17H19BrN2O4/c1-5-6-14-15(16(21)20(3)17(22)19(14)2)24-10-11-9-12(23-4)7-8-13(11)18/h5,7-9H,1,6,10H2,2-4H3. The Morgan fingerprint density at radius 1 is 1.25 bits per heavy atom. The summed E-state index contributed by atoms with van der Waals surface area (Å²) in [6.45, 7) is 3.83. The molecule has 7 heteroatoms. The van der Waals surface area contributed by atoms with E-state index in [-0.39, 0.29) is 12.4 Å². The Balaban J connectivity index is 2.45. The molecule has 1 heterocycles. The van der Waals surface area contributed by atoms with Crippen LogP contribution in [0.25, 0.3) is 0 Å². The average molecular weight is 395 g/mol. The van der Waals surface area contributed by atoms with E-state index < -0.39 is 11.2 Å². The van der Waals surface area contributed by atoms with Crippen LogP contribution in [0.3, 0.4) is 0 Å². The Morgan fingerprint density at radius 3 is 2.58 bits per heavy atom. The van der Waals surface area contributed by atoms with Crippen LogP contribution in [0.4, 0.5) is 0 Å². The minimum absolute atomic E-state index is 0.147. The van der Waals surface area contributed by atoms with Crippen molar-refractivity contribution in [1.82, 2.24) is 9.13 Å². The van der Waals surface area contributed by atoms with Crippen molar-refractivity contribution in [2.45, 2.75) is 13.0 Å². The molecule has 0 unspecified atom stereocenters. The van der Waals surface area contributed by atoms with Crippen molar-refractivity contribution in [2.75, 3.05) is 7.11 Å². The Bertz CT molecular complexity index is 883. The molecule has 0 radical (unpaired) electrons. The molecule has 2 aromatic rings. The van der Waals surface area contributed by atoms with Gasteiger partial charge in [-0.1, -0.05) is 22.0 Å². The zero-order chi connectivity index (χ0) is 17.9. The first kappa shape index (κ1) is 18.1. The minimum atomic E-state index is -0.464. The molecule has 0 aliphatic carbocycles. The van der Waals surface area contributed by atoms with Crippen LogP contribution in [0.1, 0.15) is 11.3 Å². The van der Waals surface area contributed by atoms with Gasteiger partial charge in [-0.3, -0.25) is 13.9 Å². The smallest absolute Gasteiger partial charge is 0.330 e. The number of nitrogens with zero attached hydrogens (tertiary/aromatic N) is 2. The summed E-state index contributed by atoms with van der Waals surface area (Å²) in [6.07, 6.45) is 1.99. The number of halogens is 1. The van der Waals surface area contributed by atoms with Gasteiger partial charge in [0, 0.05) is 30.6 Å². The highest BCUT2D eigenvalue weighted by atomic mass is 79.9. The van der Waals surface area contributed by atoms with E-state index in [1.807, 2.05) is 18.2 Å². The van der Waals surface area contributed by atoms with Gasteiger partial charge in [0.15, 0.2) is 0 Å². The molecule has 0 bridgehead atoms. The third-order valence-corrected chi connectivity index (χ3v) is 4.48. The van der Waals surface area contributed by atoms with Crippen LogP contribution in [0.2, 0.25) is 0 Å². The van der Waals surface area contributed by atoms with Crippen LogP contribution < -0.4 is 20.7 Å². The normalized spacial score (nSPS) is 10.5. The quantitative estimate of drug-likeness (QED) is 0.704. The minimum Gasteiger partial charge on any atom is -0.497 e. The van der Waals surface area contributed by atoms with Crippen molar-refractivity contribution < 1.29 is 9.47 Å². The fraction of sp³-hybridized carbons (Fsp3) is 0.294. The Morgan fingerprint density at radius 2 is 1.96 bits per heavy atom. The zero-order valence-corrected chi connectivity index (χ0v) is 15.4. The summed E-state index contributed by atoms with van der Waals surface area (Å²) < 4.78 is 14.3. The van der Waals surface area contributed by atoms with E-state index in [0.717, 1.165) is 14.6 Å². The third-order valence-electron chi connectivity index (χ3n) is 3.70. The maximum Gasteiger partial charge on any atom is 0.330 e. The van der Waals surface area contributed by atoms with E-state index in [1.54, 1.807) is 20.2 Å². The van der Waals surface area contributed by atoms with E-state index in [4.69, 9.17) is 9.47 Å². The molecule has 24 heavy (non-hydrogen) atoms. The van der Waals surface area contributed by atoms with Gasteiger partial charge in [0.25, 0.3) is 5.56 Å². The van der Waals surface area contributed by atoms with Gasteiger partial charge in [-0.05, 0) is 18.2 Å². The van der Waals surface area contributed by atoms with Crippen molar-refractivity contribution in [3.8, 4) is 11.5 Å². The summed E-state index contributed by atoms with van der Waals surface area (Å²) >= 11 is 3.45. The maximum absolute atomic E-state index is 12.4. The Labute approximate surface area is 148 Å². The second-order valence-electron chi connectivity index (χ2n) is 5.22. The number of ether oxygens (including phenoxy) is 2. The van der Waals surface area contributed by atoms with E-state index in [2.05, 4.69) is 22.5 Å². The van der Waals surface area contributed by atoms with Crippen LogP contribution >= 0.6 is 15.9 Å². The Hall–Kier alpha value is -2.28. The average Bonchev–Trinajstić information content (AvgIpc) is 2.59. The summed E-state index contributed by atoms with van der Waals surface area (Å²) in [5.74, 6) is 0.839. The van der Waals surface area contributed by atoms with E-state index >= 15 is 0 Å². The number of benzene rings is 1.